The molecule has 1 aromatic heterocycles. The summed E-state index contributed by atoms with van der Waals surface area (Å²) in [5.41, 5.74) is 1.56. The third-order valence-electron chi connectivity index (χ3n) is 9.41. The van der Waals surface area contributed by atoms with E-state index in [4.69, 9.17) is 16.3 Å². The fourth-order valence-corrected chi connectivity index (χ4v) is 7.61. The molecule has 5 aliphatic rings. The average molecular weight is 652 g/mol. The van der Waals surface area contributed by atoms with E-state index >= 15 is 0 Å². The molecule has 1 N–H and O–H groups in total. The van der Waals surface area contributed by atoms with Crippen LogP contribution in [0.15, 0.2) is 76.6 Å². The van der Waals surface area contributed by atoms with Crippen LogP contribution in [0.2, 0.25) is 5.02 Å². The number of fused-ring (bicyclic) bond motifs is 4. The minimum Gasteiger partial charge on any atom is -0.508 e. The molecule has 2 aromatic rings. The van der Waals surface area contributed by atoms with Crippen molar-refractivity contribution in [1.82, 2.24) is 9.99 Å². The minimum absolute atomic E-state index is 0.0270. The van der Waals surface area contributed by atoms with Crippen molar-refractivity contribution >= 4 is 40.8 Å². The Labute approximate surface area is 265 Å². The van der Waals surface area contributed by atoms with Crippen LogP contribution in [0.25, 0.3) is 0 Å². The minimum atomic E-state index is -4.79. The number of imide groups is 1. The Kier molecular flexibility index (Phi) is 6.78. The molecule has 1 fully saturated rings. The predicted molar refractivity (Wildman–Crippen MR) is 157 cm³/mol. The summed E-state index contributed by atoms with van der Waals surface area (Å²) in [6, 6.07) is 6.38. The number of phenolic OH excluding ortho intramolecular Hbond substituents is 1. The van der Waals surface area contributed by atoms with Crippen LogP contribution in [0.4, 0.5) is 19.0 Å². The first-order chi connectivity index (χ1) is 21.8. The van der Waals surface area contributed by atoms with Crippen molar-refractivity contribution in [2.24, 2.45) is 23.7 Å². The van der Waals surface area contributed by atoms with Gasteiger partial charge in [0.1, 0.15) is 17.2 Å². The molecule has 0 spiro atoms. The monoisotopic (exact) mass is 651 g/mol. The number of hydrazine groups is 1. The van der Waals surface area contributed by atoms with Crippen LogP contribution in [-0.2, 0) is 31.8 Å². The maximum absolute atomic E-state index is 14.2. The van der Waals surface area contributed by atoms with E-state index in [1.807, 2.05) is 6.08 Å². The third kappa shape index (κ3) is 4.49. The van der Waals surface area contributed by atoms with Gasteiger partial charge in [0.25, 0.3) is 11.8 Å². The lowest BCUT2D eigenvalue weighted by Crippen LogP contribution is -2.46. The van der Waals surface area contributed by atoms with Gasteiger partial charge in [-0.25, -0.2) is 4.98 Å². The number of halogens is 4. The summed E-state index contributed by atoms with van der Waals surface area (Å²) in [4.78, 5) is 58.6. The number of ketones is 2. The largest absolute Gasteiger partial charge is 0.508 e. The number of anilines is 1. The number of nitrogens with zero attached hydrogens (tertiary/aromatic N) is 3. The first-order valence-electron chi connectivity index (χ1n) is 14.5. The number of ether oxygens (including phenoxy) is 1. The van der Waals surface area contributed by atoms with Gasteiger partial charge in [-0.3, -0.25) is 24.2 Å². The van der Waals surface area contributed by atoms with E-state index in [1.54, 1.807) is 19.1 Å². The van der Waals surface area contributed by atoms with Crippen molar-refractivity contribution in [3.05, 3.63) is 92.9 Å². The molecule has 0 saturated carbocycles. The number of allylic oxidation sites excluding steroid dienone is 7. The van der Waals surface area contributed by atoms with Crippen LogP contribution < -0.4 is 9.75 Å². The summed E-state index contributed by atoms with van der Waals surface area (Å²) in [6.07, 6.45) is 0.298. The molecule has 3 aliphatic carbocycles. The summed E-state index contributed by atoms with van der Waals surface area (Å²) < 4.78 is 46.3. The number of hydrogen-bond acceptors (Lipinski definition) is 8. The Balaban J connectivity index is 1.29. The molecule has 2 aliphatic heterocycles. The zero-order valence-electron chi connectivity index (χ0n) is 24.4. The summed E-state index contributed by atoms with van der Waals surface area (Å²) in [6.45, 7) is 1.54. The predicted octanol–water partition coefficient (Wildman–Crippen LogP) is 5.29. The molecule has 236 valence electrons. The van der Waals surface area contributed by atoms with Crippen LogP contribution in [-0.4, -0.2) is 45.5 Å². The number of alkyl halides is 3. The number of phenols is 1. The summed E-state index contributed by atoms with van der Waals surface area (Å²) in [5.74, 6) is -5.07. The molecule has 2 amide bonds. The molecule has 3 heterocycles. The van der Waals surface area contributed by atoms with Gasteiger partial charge in [-0.15, -0.1) is 0 Å². The maximum Gasteiger partial charge on any atom is 0.433 e. The fourth-order valence-electron chi connectivity index (χ4n) is 7.38. The Morgan fingerprint density at radius 2 is 1.85 bits per heavy atom. The second-order valence-electron chi connectivity index (χ2n) is 12.0. The van der Waals surface area contributed by atoms with E-state index in [0.29, 0.717) is 34.1 Å². The van der Waals surface area contributed by atoms with Gasteiger partial charge in [-0.2, -0.15) is 18.2 Å². The summed E-state index contributed by atoms with van der Waals surface area (Å²) in [5, 5.41) is 11.6. The van der Waals surface area contributed by atoms with E-state index in [2.05, 4.69) is 4.98 Å². The molecule has 13 heteroatoms. The van der Waals surface area contributed by atoms with E-state index in [1.165, 1.54) is 25.5 Å². The van der Waals surface area contributed by atoms with Gasteiger partial charge < -0.3 is 9.84 Å². The second-order valence-corrected chi connectivity index (χ2v) is 12.4. The van der Waals surface area contributed by atoms with Gasteiger partial charge in [0.15, 0.2) is 17.4 Å². The number of rotatable bonds is 3. The summed E-state index contributed by atoms with van der Waals surface area (Å²) in [7, 11) is 1.24. The highest BCUT2D eigenvalue weighted by atomic mass is 35.5. The van der Waals surface area contributed by atoms with E-state index in [0.717, 1.165) is 16.1 Å². The lowest BCUT2D eigenvalue weighted by Gasteiger charge is -2.43. The molecule has 4 atom stereocenters. The molecule has 9 nitrogen and oxygen atoms in total. The Morgan fingerprint density at radius 3 is 2.59 bits per heavy atom. The number of amides is 2. The lowest BCUT2D eigenvalue weighted by molar-refractivity contribution is -0.141. The van der Waals surface area contributed by atoms with Crippen molar-refractivity contribution in [2.75, 3.05) is 12.1 Å². The third-order valence-corrected chi connectivity index (χ3v) is 9.71. The number of hydrogen-bond donors (Lipinski definition) is 1. The van der Waals surface area contributed by atoms with Crippen molar-refractivity contribution in [3.8, 4) is 11.5 Å². The van der Waals surface area contributed by atoms with Crippen molar-refractivity contribution in [1.29, 1.82) is 0 Å². The van der Waals surface area contributed by atoms with Crippen LogP contribution >= 0.6 is 11.6 Å². The number of carbonyl (C=O) groups is 4. The van der Waals surface area contributed by atoms with Gasteiger partial charge in [-0.1, -0.05) is 23.3 Å². The highest BCUT2D eigenvalue weighted by molar-refractivity contribution is 6.33. The highest BCUT2D eigenvalue weighted by Crippen LogP contribution is 2.55. The summed E-state index contributed by atoms with van der Waals surface area (Å²) >= 11 is 6.20. The molecule has 4 unspecified atom stereocenters. The SMILES string of the molecule is CC1=CC(=O)C2=C(CC3C(=CCC4C(=O)N(N(C)c5nc(C(F)(F)F)ccc5Cl)C(=O)C43)C2C2=COc3ccc(O)cc3C2)C1=O. The molecule has 1 aromatic carbocycles. The van der Waals surface area contributed by atoms with E-state index in [-0.39, 0.29) is 52.7 Å². The average Bonchev–Trinajstić information content (AvgIpc) is 3.27. The zero-order valence-corrected chi connectivity index (χ0v) is 25.1. The van der Waals surface area contributed by atoms with Crippen LogP contribution in [0.1, 0.15) is 31.0 Å². The number of aromatic hydroxyl groups is 1. The molecule has 1 saturated heterocycles. The first-order valence-corrected chi connectivity index (χ1v) is 14.9. The van der Waals surface area contributed by atoms with E-state index < -0.39 is 53.2 Å². The quantitative estimate of drug-likeness (QED) is 0.270. The van der Waals surface area contributed by atoms with Crippen LogP contribution in [0, 0.1) is 23.7 Å². The van der Waals surface area contributed by atoms with Gasteiger partial charge >= 0.3 is 6.18 Å². The Hall–Kier alpha value is -4.71. The number of Topliss-reactive ketones (excluding diaryl/α,β-unsaturated/α-hetero) is 1. The van der Waals surface area contributed by atoms with Crippen LogP contribution in [0.5, 0.6) is 11.5 Å². The molecular formula is C33H25ClF3N3O6. The molecule has 0 radical (unpaired) electrons. The van der Waals surface area contributed by atoms with Gasteiger partial charge in [-0.05, 0) is 67.7 Å². The number of benzene rings is 1. The van der Waals surface area contributed by atoms with Gasteiger partial charge in [0, 0.05) is 41.7 Å². The fraction of sp³-hybridized carbons (Fsp3) is 0.303. The van der Waals surface area contributed by atoms with Crippen molar-refractivity contribution < 1.29 is 42.2 Å². The Bertz CT molecular complexity index is 1910. The van der Waals surface area contributed by atoms with Gasteiger partial charge in [0.2, 0.25) is 0 Å². The van der Waals surface area contributed by atoms with Crippen molar-refractivity contribution in [2.45, 2.75) is 32.4 Å². The first kappa shape index (κ1) is 30.0. The highest BCUT2D eigenvalue weighted by Gasteiger charge is 2.58. The number of aromatic nitrogens is 1. The standard InChI is InChI=1S/C33H25ClF3N3O6/c1-14-9-23(42)28-21(29(14)43)12-20-18(26(28)16-10-15-11-17(41)3-7-24(15)46-13-16)4-5-19-27(20)32(45)40(31(19)44)39(2)30-22(34)6-8-25(38-30)33(35,36)37/h3-4,6-9,11,13,19-20,26-27,41H,5,10,12H2,1-2H3. The number of carbonyl (C=O) groups excluding carboxylic acids is 4. The van der Waals surface area contributed by atoms with Crippen molar-refractivity contribution in [3.63, 3.8) is 0 Å². The zero-order chi connectivity index (χ0) is 32.8. The second kappa shape index (κ2) is 10.4. The lowest BCUT2D eigenvalue weighted by atomic mass is 9.58. The smallest absolute Gasteiger partial charge is 0.433 e. The number of pyridine rings is 1. The van der Waals surface area contributed by atoms with E-state index in [9.17, 15) is 37.5 Å². The van der Waals surface area contributed by atoms with Crippen LogP contribution in [0.3, 0.4) is 0 Å². The van der Waals surface area contributed by atoms with Gasteiger partial charge in [0.05, 0.1) is 23.1 Å². The molecule has 0 bridgehead atoms. The molecular weight excluding hydrogens is 627 g/mol. The molecule has 7 rings (SSSR count). The Morgan fingerprint density at radius 1 is 1.09 bits per heavy atom. The molecule has 46 heavy (non-hydrogen) atoms. The maximum atomic E-state index is 14.2. The normalized spacial score (nSPS) is 25.6. The topological polar surface area (TPSA) is 117 Å².